The highest BCUT2D eigenvalue weighted by atomic mass is 19.1. The number of ether oxygens (including phenoxy) is 1. The van der Waals surface area contributed by atoms with Gasteiger partial charge < -0.3 is 15.4 Å². The van der Waals surface area contributed by atoms with Crippen LogP contribution in [0.25, 0.3) is 0 Å². The molecular formula is C12H14FN3O3. The number of nitrogens with zero attached hydrogens (tertiary/aromatic N) is 1. The van der Waals surface area contributed by atoms with Gasteiger partial charge in [0.1, 0.15) is 6.17 Å². The summed E-state index contributed by atoms with van der Waals surface area (Å²) < 4.78 is 17.6. The van der Waals surface area contributed by atoms with Crippen molar-refractivity contribution < 1.29 is 18.7 Å². The number of amides is 1. The van der Waals surface area contributed by atoms with Crippen molar-refractivity contribution in [3.63, 3.8) is 0 Å². The van der Waals surface area contributed by atoms with E-state index in [1.807, 2.05) is 0 Å². The van der Waals surface area contributed by atoms with Crippen molar-refractivity contribution in [2.24, 2.45) is 0 Å². The molecule has 0 radical (unpaired) electrons. The van der Waals surface area contributed by atoms with Crippen molar-refractivity contribution in [1.82, 2.24) is 10.3 Å². The first-order valence-corrected chi connectivity index (χ1v) is 5.83. The van der Waals surface area contributed by atoms with Crippen LogP contribution in [0.1, 0.15) is 16.9 Å². The molecule has 2 rings (SSSR count). The molecule has 1 aliphatic rings. The summed E-state index contributed by atoms with van der Waals surface area (Å²) in [5.74, 6) is -1.03. The van der Waals surface area contributed by atoms with Crippen LogP contribution in [0.2, 0.25) is 0 Å². The Balaban J connectivity index is 2.10. The average Bonchev–Trinajstić information content (AvgIpc) is 2.85. The van der Waals surface area contributed by atoms with Crippen LogP contribution in [0.15, 0.2) is 18.3 Å². The van der Waals surface area contributed by atoms with Crippen molar-refractivity contribution in [1.29, 1.82) is 0 Å². The van der Waals surface area contributed by atoms with Crippen LogP contribution in [0, 0.1) is 0 Å². The molecule has 1 saturated heterocycles. The lowest BCUT2D eigenvalue weighted by atomic mass is 10.2. The molecule has 6 nitrogen and oxygen atoms in total. The quantitative estimate of drug-likeness (QED) is 0.780. The van der Waals surface area contributed by atoms with E-state index in [1.165, 1.54) is 13.3 Å². The van der Waals surface area contributed by atoms with E-state index in [1.54, 1.807) is 12.1 Å². The van der Waals surface area contributed by atoms with Crippen LogP contribution in [0.5, 0.6) is 0 Å². The fourth-order valence-electron chi connectivity index (χ4n) is 1.88. The van der Waals surface area contributed by atoms with Gasteiger partial charge in [-0.05, 0) is 12.1 Å². The van der Waals surface area contributed by atoms with Crippen LogP contribution in [0.4, 0.5) is 10.1 Å². The van der Waals surface area contributed by atoms with Crippen molar-refractivity contribution >= 4 is 17.6 Å². The first kappa shape index (κ1) is 13.4. The first-order valence-electron chi connectivity index (χ1n) is 5.83. The van der Waals surface area contributed by atoms with Gasteiger partial charge in [-0.25, -0.2) is 14.2 Å². The third-order valence-electron chi connectivity index (χ3n) is 2.84. The molecule has 19 heavy (non-hydrogen) atoms. The fraction of sp³-hybridized carbons (Fsp3) is 0.417. The number of halogens is 1. The minimum absolute atomic E-state index is 0.0214. The highest BCUT2D eigenvalue weighted by molar-refractivity contribution is 6.01. The summed E-state index contributed by atoms with van der Waals surface area (Å²) in [5.41, 5.74) is 0.275. The van der Waals surface area contributed by atoms with Gasteiger partial charge in [-0.15, -0.1) is 0 Å². The van der Waals surface area contributed by atoms with Gasteiger partial charge in [-0.1, -0.05) is 0 Å². The number of pyridine rings is 1. The number of aromatic nitrogens is 1. The van der Waals surface area contributed by atoms with E-state index in [0.717, 1.165) is 0 Å². The Labute approximate surface area is 109 Å². The Morgan fingerprint density at radius 1 is 1.58 bits per heavy atom. The fourth-order valence-corrected chi connectivity index (χ4v) is 1.88. The molecular weight excluding hydrogens is 253 g/mol. The molecule has 2 heterocycles. The Bertz CT molecular complexity index is 495. The van der Waals surface area contributed by atoms with Gasteiger partial charge in [0.25, 0.3) is 0 Å². The van der Waals surface area contributed by atoms with Crippen LogP contribution in [0.3, 0.4) is 0 Å². The zero-order chi connectivity index (χ0) is 13.8. The Kier molecular flexibility index (Phi) is 4.06. The molecule has 1 aliphatic heterocycles. The van der Waals surface area contributed by atoms with Crippen molar-refractivity contribution in [2.75, 3.05) is 19.0 Å². The highest BCUT2D eigenvalue weighted by Crippen LogP contribution is 2.16. The summed E-state index contributed by atoms with van der Waals surface area (Å²) in [6.07, 6.45) is 0.525. The molecule has 1 aromatic heterocycles. The molecule has 0 spiro atoms. The zero-order valence-electron chi connectivity index (χ0n) is 10.4. The van der Waals surface area contributed by atoms with Crippen LogP contribution in [-0.2, 0) is 9.53 Å². The Morgan fingerprint density at radius 3 is 3.00 bits per heavy atom. The van der Waals surface area contributed by atoms with Gasteiger partial charge in [0.15, 0.2) is 5.69 Å². The van der Waals surface area contributed by atoms with E-state index >= 15 is 0 Å². The third kappa shape index (κ3) is 3.05. The zero-order valence-corrected chi connectivity index (χ0v) is 10.4. The molecule has 1 amide bonds. The number of esters is 1. The lowest BCUT2D eigenvalue weighted by molar-refractivity contribution is -0.117. The summed E-state index contributed by atoms with van der Waals surface area (Å²) in [6.45, 7) is 0.162. The predicted octanol–water partition coefficient (Wildman–Crippen LogP) is 0.507. The molecule has 0 unspecified atom stereocenters. The lowest BCUT2D eigenvalue weighted by Crippen LogP contribution is -2.36. The molecule has 0 saturated carbocycles. The van der Waals surface area contributed by atoms with Gasteiger partial charge in [0.05, 0.1) is 18.8 Å². The molecule has 2 atom stereocenters. The van der Waals surface area contributed by atoms with Crippen LogP contribution < -0.4 is 10.6 Å². The number of carbonyl (C=O) groups is 2. The maximum absolute atomic E-state index is 13.0. The summed E-state index contributed by atoms with van der Waals surface area (Å²) in [5, 5.41) is 5.32. The molecule has 7 heteroatoms. The maximum atomic E-state index is 13.0. The molecule has 1 fully saturated rings. The van der Waals surface area contributed by atoms with E-state index in [4.69, 9.17) is 0 Å². The van der Waals surface area contributed by atoms with E-state index < -0.39 is 24.1 Å². The summed E-state index contributed by atoms with van der Waals surface area (Å²) in [6, 6.07) is 2.53. The molecule has 1 aromatic rings. The smallest absolute Gasteiger partial charge is 0.358 e. The van der Waals surface area contributed by atoms with E-state index in [-0.39, 0.29) is 24.3 Å². The molecule has 0 aliphatic carbocycles. The SMILES string of the molecule is COC(=O)c1ncccc1NC(=O)[C@@H]1C[C@@H](F)CN1. The molecule has 102 valence electrons. The van der Waals surface area contributed by atoms with E-state index in [2.05, 4.69) is 20.4 Å². The summed E-state index contributed by atoms with van der Waals surface area (Å²) >= 11 is 0. The van der Waals surface area contributed by atoms with Gasteiger partial charge >= 0.3 is 5.97 Å². The van der Waals surface area contributed by atoms with Gasteiger partial charge in [-0.2, -0.15) is 0 Å². The summed E-state index contributed by atoms with van der Waals surface area (Å²) in [7, 11) is 1.23. The standard InChI is InChI=1S/C12H14FN3O3/c1-19-12(18)10-8(3-2-4-14-10)16-11(17)9-5-7(13)6-15-9/h2-4,7,9,15H,5-6H2,1H3,(H,16,17)/t7-,9+/m1/s1. The number of hydrogen-bond donors (Lipinski definition) is 2. The van der Waals surface area contributed by atoms with Gasteiger partial charge in [0.2, 0.25) is 5.91 Å². The Morgan fingerprint density at radius 2 is 2.37 bits per heavy atom. The number of carbonyl (C=O) groups excluding carboxylic acids is 2. The molecule has 2 N–H and O–H groups in total. The number of hydrogen-bond acceptors (Lipinski definition) is 5. The van der Waals surface area contributed by atoms with Crippen molar-refractivity contribution in [3.05, 3.63) is 24.0 Å². The topological polar surface area (TPSA) is 80.3 Å². The van der Waals surface area contributed by atoms with E-state index in [9.17, 15) is 14.0 Å². The molecule has 0 aromatic carbocycles. The number of anilines is 1. The second-order valence-corrected chi connectivity index (χ2v) is 4.17. The first-order chi connectivity index (χ1) is 9.11. The maximum Gasteiger partial charge on any atom is 0.358 e. The minimum atomic E-state index is -1.02. The largest absolute Gasteiger partial charge is 0.464 e. The summed E-state index contributed by atoms with van der Waals surface area (Å²) in [4.78, 5) is 27.2. The Hall–Kier alpha value is -2.02. The minimum Gasteiger partial charge on any atom is -0.464 e. The lowest BCUT2D eigenvalue weighted by Gasteiger charge is -2.12. The van der Waals surface area contributed by atoms with E-state index in [0.29, 0.717) is 0 Å². The van der Waals surface area contributed by atoms with Gasteiger partial charge in [0, 0.05) is 19.2 Å². The third-order valence-corrected chi connectivity index (χ3v) is 2.84. The second kappa shape index (κ2) is 5.75. The number of methoxy groups -OCH3 is 1. The van der Waals surface area contributed by atoms with Crippen molar-refractivity contribution in [3.8, 4) is 0 Å². The highest BCUT2D eigenvalue weighted by Gasteiger charge is 2.29. The predicted molar refractivity (Wildman–Crippen MR) is 65.5 cm³/mol. The average molecular weight is 267 g/mol. The normalized spacial score (nSPS) is 22.0. The number of alkyl halides is 1. The van der Waals surface area contributed by atoms with Gasteiger partial charge in [-0.3, -0.25) is 4.79 Å². The number of rotatable bonds is 3. The second-order valence-electron chi connectivity index (χ2n) is 4.17. The van der Waals surface area contributed by atoms with Crippen LogP contribution >= 0.6 is 0 Å². The monoisotopic (exact) mass is 267 g/mol. The molecule has 0 bridgehead atoms. The van der Waals surface area contributed by atoms with Crippen LogP contribution in [-0.4, -0.2) is 42.7 Å². The number of nitrogens with one attached hydrogen (secondary N) is 2. The van der Waals surface area contributed by atoms with Crippen molar-refractivity contribution in [2.45, 2.75) is 18.6 Å².